The first-order chi connectivity index (χ1) is 14.4. The average Bonchev–Trinajstić information content (AvgIpc) is 2.63. The predicted molar refractivity (Wildman–Crippen MR) is 123 cm³/mol. The fraction of sp³-hybridized carbons (Fsp3) is 0.625. The smallest absolute Gasteiger partial charge is 0.408 e. The van der Waals surface area contributed by atoms with Crippen LogP contribution in [0.2, 0.25) is 0 Å². The van der Waals surface area contributed by atoms with Crippen molar-refractivity contribution < 1.29 is 19.1 Å². The first-order valence-electron chi connectivity index (χ1n) is 11.0. The zero-order valence-corrected chi connectivity index (χ0v) is 20.3. The van der Waals surface area contributed by atoms with Gasteiger partial charge in [0.15, 0.2) is 0 Å². The SMILES string of the molecule is CCCCNC(=O)C(c1c(C)cccc1C)N(C(=O)CNC(=O)OC(C)(C)C)C(C)C. The molecule has 0 aromatic heterocycles. The quantitative estimate of drug-likeness (QED) is 0.576. The Morgan fingerprint density at radius 1 is 1.06 bits per heavy atom. The number of alkyl carbamates (subject to hydrolysis) is 1. The van der Waals surface area contributed by atoms with Crippen LogP contribution in [-0.2, 0) is 14.3 Å². The molecular weight excluding hydrogens is 394 g/mol. The first-order valence-corrected chi connectivity index (χ1v) is 11.0. The third-order valence-electron chi connectivity index (χ3n) is 4.80. The fourth-order valence-electron chi connectivity index (χ4n) is 3.42. The topological polar surface area (TPSA) is 87.7 Å². The third-order valence-corrected chi connectivity index (χ3v) is 4.80. The largest absolute Gasteiger partial charge is 0.444 e. The molecule has 0 fully saturated rings. The number of hydrogen-bond donors (Lipinski definition) is 2. The van der Waals surface area contributed by atoms with Crippen molar-refractivity contribution in [2.75, 3.05) is 13.1 Å². The van der Waals surface area contributed by atoms with E-state index in [0.717, 1.165) is 29.5 Å². The molecule has 0 heterocycles. The highest BCUT2D eigenvalue weighted by Gasteiger charge is 2.35. The standard InChI is InChI=1S/C24H39N3O4/c1-9-10-14-25-22(29)21(20-17(4)12-11-13-18(20)5)27(16(2)3)19(28)15-26-23(30)31-24(6,7)8/h11-13,16,21H,9-10,14-15H2,1-8H3,(H,25,29)(H,26,30). The van der Waals surface area contributed by atoms with Crippen LogP contribution in [0.15, 0.2) is 18.2 Å². The molecular formula is C24H39N3O4. The van der Waals surface area contributed by atoms with Crippen molar-refractivity contribution in [3.8, 4) is 0 Å². The molecule has 3 amide bonds. The molecule has 174 valence electrons. The highest BCUT2D eigenvalue weighted by atomic mass is 16.6. The summed E-state index contributed by atoms with van der Waals surface area (Å²) in [6.45, 7) is 15.2. The van der Waals surface area contributed by atoms with Gasteiger partial charge in [0, 0.05) is 12.6 Å². The van der Waals surface area contributed by atoms with Crippen molar-refractivity contribution >= 4 is 17.9 Å². The van der Waals surface area contributed by atoms with E-state index in [-0.39, 0.29) is 24.4 Å². The van der Waals surface area contributed by atoms with Crippen LogP contribution in [0.25, 0.3) is 0 Å². The zero-order chi connectivity index (χ0) is 23.8. The summed E-state index contributed by atoms with van der Waals surface area (Å²) < 4.78 is 5.22. The van der Waals surface area contributed by atoms with Crippen LogP contribution in [0.3, 0.4) is 0 Å². The number of unbranched alkanes of at least 4 members (excludes halogenated alkanes) is 1. The summed E-state index contributed by atoms with van der Waals surface area (Å²) in [5, 5.41) is 5.49. The monoisotopic (exact) mass is 433 g/mol. The number of nitrogens with zero attached hydrogens (tertiary/aromatic N) is 1. The molecule has 2 N–H and O–H groups in total. The average molecular weight is 434 g/mol. The summed E-state index contributed by atoms with van der Waals surface area (Å²) in [5.41, 5.74) is 2.03. The number of amides is 3. The Hall–Kier alpha value is -2.57. The minimum absolute atomic E-state index is 0.217. The maximum Gasteiger partial charge on any atom is 0.408 e. The molecule has 7 heteroatoms. The van der Waals surface area contributed by atoms with Gasteiger partial charge >= 0.3 is 6.09 Å². The molecule has 0 aliphatic rings. The molecule has 0 aliphatic heterocycles. The van der Waals surface area contributed by atoms with Gasteiger partial charge in [-0.3, -0.25) is 9.59 Å². The molecule has 0 radical (unpaired) electrons. The Morgan fingerprint density at radius 3 is 2.13 bits per heavy atom. The van der Waals surface area contributed by atoms with Crippen molar-refractivity contribution in [1.29, 1.82) is 0 Å². The highest BCUT2D eigenvalue weighted by Crippen LogP contribution is 2.29. The lowest BCUT2D eigenvalue weighted by molar-refractivity contribution is -0.142. The van der Waals surface area contributed by atoms with Crippen LogP contribution in [0, 0.1) is 13.8 Å². The van der Waals surface area contributed by atoms with Gasteiger partial charge in [-0.05, 0) is 71.6 Å². The van der Waals surface area contributed by atoms with Gasteiger partial charge in [0.2, 0.25) is 11.8 Å². The first kappa shape index (κ1) is 26.5. The predicted octanol–water partition coefficient (Wildman–Crippen LogP) is 4.02. The molecule has 1 rings (SSSR count). The summed E-state index contributed by atoms with van der Waals surface area (Å²) in [5.74, 6) is -0.565. The van der Waals surface area contributed by atoms with E-state index in [4.69, 9.17) is 4.74 Å². The van der Waals surface area contributed by atoms with E-state index in [0.29, 0.717) is 6.54 Å². The molecule has 0 bridgehead atoms. The van der Waals surface area contributed by atoms with E-state index in [1.54, 1.807) is 25.7 Å². The van der Waals surface area contributed by atoms with Crippen molar-refractivity contribution in [3.63, 3.8) is 0 Å². The van der Waals surface area contributed by atoms with Gasteiger partial charge in [-0.2, -0.15) is 0 Å². The van der Waals surface area contributed by atoms with Crippen molar-refractivity contribution in [3.05, 3.63) is 34.9 Å². The summed E-state index contributed by atoms with van der Waals surface area (Å²) in [4.78, 5) is 40.1. The lowest BCUT2D eigenvalue weighted by Crippen LogP contribution is -2.51. The third kappa shape index (κ3) is 8.23. The number of carbonyl (C=O) groups excluding carboxylic acids is 3. The van der Waals surface area contributed by atoms with Crippen LogP contribution in [0.5, 0.6) is 0 Å². The van der Waals surface area contributed by atoms with Gasteiger partial charge in [-0.15, -0.1) is 0 Å². The molecule has 31 heavy (non-hydrogen) atoms. The van der Waals surface area contributed by atoms with E-state index < -0.39 is 17.7 Å². The van der Waals surface area contributed by atoms with E-state index >= 15 is 0 Å². The van der Waals surface area contributed by atoms with Crippen molar-refractivity contribution in [2.24, 2.45) is 0 Å². The van der Waals surface area contributed by atoms with Crippen LogP contribution in [0.4, 0.5) is 4.79 Å². The summed E-state index contributed by atoms with van der Waals surface area (Å²) in [6, 6.07) is 4.78. The van der Waals surface area contributed by atoms with E-state index in [1.165, 1.54) is 0 Å². The van der Waals surface area contributed by atoms with Crippen molar-refractivity contribution in [2.45, 2.75) is 85.9 Å². The molecule has 0 aliphatic carbocycles. The molecule has 1 unspecified atom stereocenters. The molecule has 1 atom stereocenters. The van der Waals surface area contributed by atoms with E-state index in [1.807, 2.05) is 45.9 Å². The van der Waals surface area contributed by atoms with Gasteiger partial charge < -0.3 is 20.3 Å². The maximum absolute atomic E-state index is 13.3. The Kier molecular flexibility index (Phi) is 10.0. The second kappa shape index (κ2) is 11.7. The molecule has 0 saturated carbocycles. The number of hydrogen-bond acceptors (Lipinski definition) is 4. The van der Waals surface area contributed by atoms with Crippen LogP contribution < -0.4 is 10.6 Å². The van der Waals surface area contributed by atoms with Gasteiger partial charge in [-0.25, -0.2) is 4.79 Å². The number of benzene rings is 1. The summed E-state index contributed by atoms with van der Waals surface area (Å²) in [7, 11) is 0. The maximum atomic E-state index is 13.3. The lowest BCUT2D eigenvalue weighted by atomic mass is 9.93. The minimum atomic E-state index is -0.786. The van der Waals surface area contributed by atoms with Gasteiger partial charge in [0.25, 0.3) is 0 Å². The molecule has 1 aromatic rings. The summed E-state index contributed by atoms with van der Waals surface area (Å²) >= 11 is 0. The van der Waals surface area contributed by atoms with Gasteiger partial charge in [0.1, 0.15) is 18.2 Å². The molecule has 1 aromatic carbocycles. The second-order valence-corrected chi connectivity index (χ2v) is 9.10. The summed E-state index contributed by atoms with van der Waals surface area (Å²) in [6.07, 6.45) is 1.16. The zero-order valence-electron chi connectivity index (χ0n) is 20.3. The van der Waals surface area contributed by atoms with Crippen LogP contribution in [0.1, 0.15) is 77.1 Å². The number of ether oxygens (including phenoxy) is 1. The molecule has 0 saturated heterocycles. The normalized spacial score (nSPS) is 12.3. The van der Waals surface area contributed by atoms with Gasteiger partial charge in [-0.1, -0.05) is 31.5 Å². The van der Waals surface area contributed by atoms with Crippen LogP contribution >= 0.6 is 0 Å². The Labute approximate surface area is 186 Å². The molecule has 0 spiro atoms. The fourth-order valence-corrected chi connectivity index (χ4v) is 3.42. The number of nitrogens with one attached hydrogen (secondary N) is 2. The van der Waals surface area contributed by atoms with Crippen LogP contribution in [-0.4, -0.2) is 47.5 Å². The van der Waals surface area contributed by atoms with Crippen molar-refractivity contribution in [1.82, 2.24) is 15.5 Å². The minimum Gasteiger partial charge on any atom is -0.444 e. The highest BCUT2D eigenvalue weighted by molar-refractivity contribution is 5.91. The lowest BCUT2D eigenvalue weighted by Gasteiger charge is -2.36. The number of aryl methyl sites for hydroxylation is 2. The van der Waals surface area contributed by atoms with E-state index in [2.05, 4.69) is 17.6 Å². The Morgan fingerprint density at radius 2 is 1.65 bits per heavy atom. The van der Waals surface area contributed by atoms with Gasteiger partial charge in [0.05, 0.1) is 0 Å². The Balaban J connectivity index is 3.22. The second-order valence-electron chi connectivity index (χ2n) is 9.10. The number of rotatable bonds is 9. The number of carbonyl (C=O) groups is 3. The molecule has 7 nitrogen and oxygen atoms in total. The van der Waals surface area contributed by atoms with E-state index in [9.17, 15) is 14.4 Å². The Bertz CT molecular complexity index is 748.